The van der Waals surface area contributed by atoms with Gasteiger partial charge in [-0.3, -0.25) is 4.99 Å². The number of likely N-dealkylation sites (tertiary alicyclic amines) is 1. The molecule has 1 saturated heterocycles. The van der Waals surface area contributed by atoms with Crippen molar-refractivity contribution in [1.82, 2.24) is 15.5 Å². The Morgan fingerprint density at radius 2 is 1.86 bits per heavy atom. The Morgan fingerprint density at radius 3 is 2.39 bits per heavy atom. The van der Waals surface area contributed by atoms with Crippen LogP contribution in [0.5, 0.6) is 0 Å². The van der Waals surface area contributed by atoms with Gasteiger partial charge in [-0.25, -0.2) is 13.2 Å². The molecule has 1 heterocycles. The van der Waals surface area contributed by atoms with Crippen LogP contribution in [-0.2, 0) is 14.6 Å². The van der Waals surface area contributed by atoms with E-state index in [0.29, 0.717) is 23.9 Å². The standard InChI is InChI=1S/C18H28N4O4S.HI/c1-18(2,3)26-17(23)22-12-14(13-22)21-16(19-4)20-10-11-27(24,25)15-8-6-5-7-9-15;/h5-9,14H,10-13H2,1-4H3,(H2,19,20,21);1H. The molecule has 0 radical (unpaired) electrons. The Hall–Kier alpha value is -1.56. The van der Waals surface area contributed by atoms with Crippen LogP contribution >= 0.6 is 24.0 Å². The Morgan fingerprint density at radius 1 is 1.25 bits per heavy atom. The van der Waals surface area contributed by atoms with Crippen LogP contribution in [0.25, 0.3) is 0 Å². The summed E-state index contributed by atoms with van der Waals surface area (Å²) in [5, 5.41) is 6.17. The summed E-state index contributed by atoms with van der Waals surface area (Å²) in [6.07, 6.45) is -0.336. The molecule has 1 fully saturated rings. The molecule has 28 heavy (non-hydrogen) atoms. The first kappa shape index (κ1) is 24.5. The lowest BCUT2D eigenvalue weighted by Gasteiger charge is -2.40. The number of halogens is 1. The van der Waals surface area contributed by atoms with E-state index in [0.717, 1.165) is 0 Å². The molecule has 2 N–H and O–H groups in total. The van der Waals surface area contributed by atoms with E-state index in [1.54, 1.807) is 42.3 Å². The number of hydrogen-bond donors (Lipinski definition) is 2. The number of carbonyl (C=O) groups excluding carboxylic acids is 1. The van der Waals surface area contributed by atoms with Crippen LogP contribution in [0.2, 0.25) is 0 Å². The van der Waals surface area contributed by atoms with Crippen molar-refractivity contribution in [2.75, 3.05) is 32.4 Å². The van der Waals surface area contributed by atoms with Gasteiger partial charge in [-0.1, -0.05) is 18.2 Å². The van der Waals surface area contributed by atoms with E-state index >= 15 is 0 Å². The lowest BCUT2D eigenvalue weighted by molar-refractivity contribution is 0.00701. The Kier molecular flexibility index (Phi) is 8.99. The number of hydrogen-bond acceptors (Lipinski definition) is 5. The number of guanidine groups is 1. The summed E-state index contributed by atoms with van der Waals surface area (Å²) in [6.45, 7) is 6.75. The van der Waals surface area contributed by atoms with Gasteiger partial charge in [0, 0.05) is 26.7 Å². The van der Waals surface area contributed by atoms with Gasteiger partial charge in [0.1, 0.15) is 5.60 Å². The minimum Gasteiger partial charge on any atom is -0.444 e. The molecule has 0 aromatic heterocycles. The predicted molar refractivity (Wildman–Crippen MR) is 120 cm³/mol. The van der Waals surface area contributed by atoms with Crippen LogP contribution in [0.1, 0.15) is 20.8 Å². The summed E-state index contributed by atoms with van der Waals surface area (Å²) in [6, 6.07) is 8.41. The first-order chi connectivity index (χ1) is 12.6. The second-order valence-electron chi connectivity index (χ2n) is 7.36. The molecule has 10 heteroatoms. The quantitative estimate of drug-likeness (QED) is 0.347. The van der Waals surface area contributed by atoms with Crippen LogP contribution in [0.15, 0.2) is 40.2 Å². The molecule has 0 unspecified atom stereocenters. The van der Waals surface area contributed by atoms with Crippen LogP contribution in [0.3, 0.4) is 0 Å². The number of nitrogens with zero attached hydrogens (tertiary/aromatic N) is 2. The van der Waals surface area contributed by atoms with Crippen LogP contribution in [0.4, 0.5) is 4.79 Å². The third-order valence-electron chi connectivity index (χ3n) is 3.86. The van der Waals surface area contributed by atoms with Crippen LogP contribution in [0, 0.1) is 0 Å². The van der Waals surface area contributed by atoms with Gasteiger partial charge in [0.05, 0.1) is 16.7 Å². The van der Waals surface area contributed by atoms with E-state index in [2.05, 4.69) is 15.6 Å². The van der Waals surface area contributed by atoms with Crippen LogP contribution < -0.4 is 10.6 Å². The number of amides is 1. The van der Waals surface area contributed by atoms with Crippen LogP contribution in [-0.4, -0.2) is 69.4 Å². The lowest BCUT2D eigenvalue weighted by Crippen LogP contribution is -2.63. The molecule has 0 saturated carbocycles. The van der Waals surface area contributed by atoms with E-state index in [-0.39, 0.29) is 48.4 Å². The van der Waals surface area contributed by atoms with Gasteiger partial charge in [0.25, 0.3) is 0 Å². The summed E-state index contributed by atoms with van der Waals surface area (Å²) in [5.74, 6) is 0.471. The molecule has 1 aromatic carbocycles. The number of rotatable bonds is 5. The number of carbonyl (C=O) groups is 1. The molecular weight excluding hydrogens is 495 g/mol. The molecule has 1 aromatic rings. The highest BCUT2D eigenvalue weighted by molar-refractivity contribution is 14.0. The van der Waals surface area contributed by atoms with Gasteiger partial charge in [0.2, 0.25) is 0 Å². The number of benzene rings is 1. The summed E-state index contributed by atoms with van der Waals surface area (Å²) < 4.78 is 29.8. The van der Waals surface area contributed by atoms with Crippen molar-refractivity contribution in [2.24, 2.45) is 4.99 Å². The summed E-state index contributed by atoms with van der Waals surface area (Å²) in [4.78, 5) is 17.9. The largest absolute Gasteiger partial charge is 0.444 e. The Bertz CT molecular complexity index is 773. The summed E-state index contributed by atoms with van der Waals surface area (Å²) >= 11 is 0. The molecule has 1 aliphatic heterocycles. The fraction of sp³-hybridized carbons (Fsp3) is 0.556. The first-order valence-corrected chi connectivity index (χ1v) is 10.5. The Balaban J connectivity index is 0.00000392. The molecule has 8 nitrogen and oxygen atoms in total. The van der Waals surface area contributed by atoms with Gasteiger partial charge in [-0.2, -0.15) is 0 Å². The SMILES string of the molecule is CN=C(NCCS(=O)(=O)c1ccccc1)NC1CN(C(=O)OC(C)(C)C)C1.I. The number of ether oxygens (including phenoxy) is 1. The summed E-state index contributed by atoms with van der Waals surface area (Å²) in [5.41, 5.74) is -0.516. The topological polar surface area (TPSA) is 100 Å². The van der Waals surface area contributed by atoms with Crippen molar-refractivity contribution < 1.29 is 17.9 Å². The van der Waals surface area contributed by atoms with E-state index < -0.39 is 15.4 Å². The van der Waals surface area contributed by atoms with Gasteiger partial charge >= 0.3 is 6.09 Å². The fourth-order valence-electron chi connectivity index (χ4n) is 2.48. The average Bonchev–Trinajstić information content (AvgIpc) is 2.55. The smallest absolute Gasteiger partial charge is 0.410 e. The molecule has 0 atom stereocenters. The number of aliphatic imine (C=N–C) groups is 1. The normalized spacial score (nSPS) is 15.3. The molecule has 2 rings (SSSR count). The van der Waals surface area contributed by atoms with Gasteiger partial charge in [0.15, 0.2) is 15.8 Å². The predicted octanol–water partition coefficient (Wildman–Crippen LogP) is 1.86. The monoisotopic (exact) mass is 524 g/mol. The van der Waals surface area contributed by atoms with Gasteiger partial charge < -0.3 is 20.3 Å². The first-order valence-electron chi connectivity index (χ1n) is 8.83. The molecule has 0 aliphatic carbocycles. The zero-order chi connectivity index (χ0) is 20.1. The van der Waals surface area contributed by atoms with E-state index in [1.807, 2.05) is 20.8 Å². The third-order valence-corrected chi connectivity index (χ3v) is 5.60. The van der Waals surface area contributed by atoms with Crippen molar-refractivity contribution >= 4 is 45.9 Å². The van der Waals surface area contributed by atoms with Crippen molar-refractivity contribution in [3.8, 4) is 0 Å². The van der Waals surface area contributed by atoms with E-state index in [9.17, 15) is 13.2 Å². The maximum atomic E-state index is 12.3. The minimum absolute atomic E-state index is 0. The molecule has 1 amide bonds. The highest BCUT2D eigenvalue weighted by atomic mass is 127. The number of sulfone groups is 1. The van der Waals surface area contributed by atoms with E-state index in [4.69, 9.17) is 4.74 Å². The highest BCUT2D eigenvalue weighted by Crippen LogP contribution is 2.15. The maximum absolute atomic E-state index is 12.3. The second-order valence-corrected chi connectivity index (χ2v) is 9.47. The average molecular weight is 524 g/mol. The lowest BCUT2D eigenvalue weighted by atomic mass is 10.1. The minimum atomic E-state index is -3.34. The fourth-order valence-corrected chi connectivity index (χ4v) is 3.66. The van der Waals surface area contributed by atoms with Crippen molar-refractivity contribution in [3.05, 3.63) is 30.3 Å². The zero-order valence-corrected chi connectivity index (χ0v) is 19.8. The van der Waals surface area contributed by atoms with Gasteiger partial charge in [-0.05, 0) is 32.9 Å². The van der Waals surface area contributed by atoms with Crippen molar-refractivity contribution in [1.29, 1.82) is 0 Å². The molecule has 1 aliphatic rings. The number of nitrogens with one attached hydrogen (secondary N) is 2. The summed E-state index contributed by atoms with van der Waals surface area (Å²) in [7, 11) is -1.72. The second kappa shape index (κ2) is 10.3. The third kappa shape index (κ3) is 7.46. The zero-order valence-electron chi connectivity index (χ0n) is 16.6. The highest BCUT2D eigenvalue weighted by Gasteiger charge is 2.34. The maximum Gasteiger partial charge on any atom is 0.410 e. The van der Waals surface area contributed by atoms with Gasteiger partial charge in [-0.15, -0.1) is 24.0 Å². The molecule has 0 spiro atoms. The molecule has 0 bridgehead atoms. The molecule has 158 valence electrons. The van der Waals surface area contributed by atoms with Crippen molar-refractivity contribution in [2.45, 2.75) is 37.3 Å². The molecular formula is C18H29IN4O4S. The Labute approximate surface area is 184 Å². The van der Waals surface area contributed by atoms with E-state index in [1.165, 1.54) is 0 Å². The van der Waals surface area contributed by atoms with Crippen molar-refractivity contribution in [3.63, 3.8) is 0 Å².